The Hall–Kier alpha value is -3.68. The normalized spacial score (nSPS) is 12.3. The van der Waals surface area contributed by atoms with Crippen molar-refractivity contribution < 1.29 is 18.9 Å². The Balaban J connectivity index is 1.56. The van der Waals surface area contributed by atoms with Gasteiger partial charge in [-0.3, -0.25) is 0 Å². The van der Waals surface area contributed by atoms with Crippen LogP contribution in [0.4, 0.5) is 17.5 Å². The fraction of sp³-hybridized carbons (Fsp3) is 0.304. The average Bonchev–Trinajstić information content (AvgIpc) is 3.20. The van der Waals surface area contributed by atoms with Crippen LogP contribution in [-0.4, -0.2) is 45.0 Å². The van der Waals surface area contributed by atoms with Gasteiger partial charge >= 0.3 is 0 Å². The zero-order valence-corrected chi connectivity index (χ0v) is 18.1. The second-order valence-electron chi connectivity index (χ2n) is 7.10. The van der Waals surface area contributed by atoms with Crippen molar-refractivity contribution in [2.24, 2.45) is 0 Å². The predicted molar refractivity (Wildman–Crippen MR) is 119 cm³/mol. The molecule has 4 rings (SSSR count). The van der Waals surface area contributed by atoms with Gasteiger partial charge in [-0.2, -0.15) is 4.98 Å². The maximum absolute atomic E-state index is 5.43. The number of hydrogen-bond acceptors (Lipinski definition) is 8. The van der Waals surface area contributed by atoms with Crippen molar-refractivity contribution in [2.75, 3.05) is 45.2 Å². The van der Waals surface area contributed by atoms with E-state index in [0.29, 0.717) is 23.2 Å². The first-order valence-corrected chi connectivity index (χ1v) is 9.96. The number of ether oxygens (including phenoxy) is 4. The van der Waals surface area contributed by atoms with Crippen molar-refractivity contribution in [2.45, 2.75) is 13.0 Å². The second kappa shape index (κ2) is 8.99. The zero-order valence-electron chi connectivity index (χ0n) is 18.1. The summed E-state index contributed by atoms with van der Waals surface area (Å²) in [5.41, 5.74) is 3.09. The van der Waals surface area contributed by atoms with Gasteiger partial charge in [0.2, 0.25) is 11.7 Å². The molecule has 162 valence electrons. The summed E-state index contributed by atoms with van der Waals surface area (Å²) in [5, 5.41) is 3.25. The third kappa shape index (κ3) is 4.28. The third-order valence-corrected chi connectivity index (χ3v) is 5.25. The van der Waals surface area contributed by atoms with Crippen LogP contribution in [-0.2, 0) is 13.0 Å². The van der Waals surface area contributed by atoms with Crippen LogP contribution in [0.1, 0.15) is 11.1 Å². The summed E-state index contributed by atoms with van der Waals surface area (Å²) in [4.78, 5) is 11.5. The lowest BCUT2D eigenvalue weighted by Gasteiger charge is -2.19. The minimum atomic E-state index is 0.509. The average molecular weight is 422 g/mol. The standard InChI is InChI=1S/C23H26N4O4/c1-28-18-7-5-15(6-8-18)14-27-10-9-16-13-24-23(26-22(16)27)25-17-11-19(29-2)21(31-4)20(12-17)30-3/h5-8,11-13H,9-10,14H2,1-4H3,(H,24,25,26). The number of nitrogens with one attached hydrogen (secondary N) is 1. The highest BCUT2D eigenvalue weighted by Gasteiger charge is 2.22. The topological polar surface area (TPSA) is 78.0 Å². The van der Waals surface area contributed by atoms with E-state index >= 15 is 0 Å². The number of methoxy groups -OCH3 is 4. The van der Waals surface area contributed by atoms with Crippen LogP contribution in [0.3, 0.4) is 0 Å². The summed E-state index contributed by atoms with van der Waals surface area (Å²) in [6.07, 6.45) is 2.81. The first kappa shape index (κ1) is 20.6. The molecule has 0 saturated heterocycles. The van der Waals surface area contributed by atoms with Crippen molar-refractivity contribution >= 4 is 17.5 Å². The predicted octanol–water partition coefficient (Wildman–Crippen LogP) is 3.82. The number of anilines is 3. The molecule has 2 heterocycles. The van der Waals surface area contributed by atoms with E-state index in [9.17, 15) is 0 Å². The second-order valence-corrected chi connectivity index (χ2v) is 7.10. The molecule has 0 bridgehead atoms. The molecule has 0 spiro atoms. The van der Waals surface area contributed by atoms with E-state index in [0.717, 1.165) is 42.3 Å². The van der Waals surface area contributed by atoms with Crippen molar-refractivity contribution in [3.05, 3.63) is 53.7 Å². The minimum Gasteiger partial charge on any atom is -0.497 e. The lowest BCUT2D eigenvalue weighted by molar-refractivity contribution is 0.324. The lowest BCUT2D eigenvalue weighted by atomic mass is 10.2. The molecule has 8 nitrogen and oxygen atoms in total. The summed E-state index contributed by atoms with van der Waals surface area (Å²) in [6.45, 7) is 1.68. The number of fused-ring (bicyclic) bond motifs is 1. The Kier molecular flexibility index (Phi) is 5.97. The summed E-state index contributed by atoms with van der Waals surface area (Å²) >= 11 is 0. The van der Waals surface area contributed by atoms with Crippen LogP contribution in [0, 0.1) is 0 Å². The molecule has 0 unspecified atom stereocenters. The minimum absolute atomic E-state index is 0.509. The van der Waals surface area contributed by atoms with E-state index in [1.54, 1.807) is 28.4 Å². The summed E-state index contributed by atoms with van der Waals surface area (Å²) < 4.78 is 21.5. The van der Waals surface area contributed by atoms with Crippen molar-refractivity contribution in [1.29, 1.82) is 0 Å². The number of rotatable bonds is 8. The smallest absolute Gasteiger partial charge is 0.229 e. The Morgan fingerprint density at radius 1 is 0.935 bits per heavy atom. The molecule has 3 aromatic rings. The number of nitrogens with zero attached hydrogens (tertiary/aromatic N) is 3. The molecule has 1 aliphatic heterocycles. The van der Waals surface area contributed by atoms with Crippen LogP contribution in [0.15, 0.2) is 42.6 Å². The molecule has 2 aromatic carbocycles. The molecule has 0 saturated carbocycles. The van der Waals surface area contributed by atoms with Crippen molar-refractivity contribution in [3.8, 4) is 23.0 Å². The molecule has 0 atom stereocenters. The monoisotopic (exact) mass is 422 g/mol. The van der Waals surface area contributed by atoms with Gasteiger partial charge in [0.15, 0.2) is 11.5 Å². The van der Waals surface area contributed by atoms with Crippen LogP contribution in [0.5, 0.6) is 23.0 Å². The van der Waals surface area contributed by atoms with Gasteiger partial charge in [0, 0.05) is 42.7 Å². The van der Waals surface area contributed by atoms with Gasteiger partial charge in [-0.1, -0.05) is 12.1 Å². The Labute approximate surface area is 181 Å². The van der Waals surface area contributed by atoms with Gasteiger partial charge in [0.1, 0.15) is 11.6 Å². The van der Waals surface area contributed by atoms with Gasteiger partial charge in [-0.25, -0.2) is 4.98 Å². The lowest BCUT2D eigenvalue weighted by Crippen LogP contribution is -2.20. The van der Waals surface area contributed by atoms with Gasteiger partial charge in [-0.15, -0.1) is 0 Å². The number of hydrogen-bond donors (Lipinski definition) is 1. The van der Waals surface area contributed by atoms with Crippen molar-refractivity contribution in [3.63, 3.8) is 0 Å². The molecular formula is C23H26N4O4. The van der Waals surface area contributed by atoms with Crippen molar-refractivity contribution in [1.82, 2.24) is 9.97 Å². The van der Waals surface area contributed by atoms with E-state index < -0.39 is 0 Å². The molecular weight excluding hydrogens is 396 g/mol. The van der Waals surface area contributed by atoms with E-state index in [-0.39, 0.29) is 0 Å². The highest BCUT2D eigenvalue weighted by atomic mass is 16.5. The van der Waals surface area contributed by atoms with E-state index in [1.165, 1.54) is 5.56 Å². The molecule has 8 heteroatoms. The molecule has 31 heavy (non-hydrogen) atoms. The molecule has 1 aromatic heterocycles. The number of benzene rings is 2. The zero-order chi connectivity index (χ0) is 21.8. The fourth-order valence-corrected chi connectivity index (χ4v) is 3.66. The SMILES string of the molecule is COc1ccc(CN2CCc3cnc(Nc4cc(OC)c(OC)c(OC)c4)nc32)cc1. The Morgan fingerprint density at radius 3 is 2.26 bits per heavy atom. The van der Waals surface area contributed by atoms with Crippen LogP contribution < -0.4 is 29.2 Å². The van der Waals surface area contributed by atoms with Gasteiger partial charge in [0.05, 0.1) is 28.4 Å². The molecule has 0 amide bonds. The van der Waals surface area contributed by atoms with Crippen LogP contribution in [0.25, 0.3) is 0 Å². The third-order valence-electron chi connectivity index (χ3n) is 5.25. The highest BCUT2D eigenvalue weighted by molar-refractivity contribution is 5.66. The van der Waals surface area contributed by atoms with Crippen LogP contribution in [0.2, 0.25) is 0 Å². The summed E-state index contributed by atoms with van der Waals surface area (Å²) in [5.74, 6) is 3.97. The van der Waals surface area contributed by atoms with Crippen LogP contribution >= 0.6 is 0 Å². The highest BCUT2D eigenvalue weighted by Crippen LogP contribution is 2.40. The number of aromatic nitrogens is 2. The summed E-state index contributed by atoms with van der Waals surface area (Å²) in [6, 6.07) is 11.8. The first-order valence-electron chi connectivity index (χ1n) is 9.96. The first-order chi connectivity index (χ1) is 15.1. The molecule has 0 radical (unpaired) electrons. The van der Waals surface area contributed by atoms with Gasteiger partial charge < -0.3 is 29.2 Å². The van der Waals surface area contributed by atoms with E-state index in [2.05, 4.69) is 27.3 Å². The largest absolute Gasteiger partial charge is 0.497 e. The fourth-order valence-electron chi connectivity index (χ4n) is 3.66. The molecule has 0 aliphatic carbocycles. The molecule has 1 aliphatic rings. The maximum Gasteiger partial charge on any atom is 0.229 e. The Bertz CT molecular complexity index is 1030. The summed E-state index contributed by atoms with van der Waals surface area (Å²) in [7, 11) is 6.42. The quantitative estimate of drug-likeness (QED) is 0.587. The maximum atomic E-state index is 5.43. The Morgan fingerprint density at radius 2 is 1.65 bits per heavy atom. The van der Waals surface area contributed by atoms with Gasteiger partial charge in [0.25, 0.3) is 0 Å². The molecule has 1 N–H and O–H groups in total. The van der Waals surface area contributed by atoms with Gasteiger partial charge in [-0.05, 0) is 24.1 Å². The molecule has 0 fully saturated rings. The van der Waals surface area contributed by atoms with E-state index in [1.807, 2.05) is 30.5 Å². The van der Waals surface area contributed by atoms with E-state index in [4.69, 9.17) is 23.9 Å².